The van der Waals surface area contributed by atoms with Crippen molar-refractivity contribution in [3.8, 4) is 0 Å². The monoisotopic (exact) mass is 455 g/mol. The van der Waals surface area contributed by atoms with Crippen LogP contribution in [0.25, 0.3) is 0 Å². The molecule has 32 heavy (non-hydrogen) atoms. The molecule has 8 atom stereocenters. The van der Waals surface area contributed by atoms with Crippen molar-refractivity contribution in [1.82, 2.24) is 0 Å². The van der Waals surface area contributed by atoms with Crippen LogP contribution in [0.1, 0.15) is 113 Å². The van der Waals surface area contributed by atoms with Crippen LogP contribution >= 0.6 is 0 Å². The molecule has 0 aromatic heterocycles. The summed E-state index contributed by atoms with van der Waals surface area (Å²) in [5, 5.41) is 20.2. The molecule has 0 aromatic carbocycles. The molecule has 0 heterocycles. The summed E-state index contributed by atoms with van der Waals surface area (Å²) in [6, 6.07) is 0. The average molecular weight is 456 g/mol. The molecular formula is C27H53NO4. The van der Waals surface area contributed by atoms with Crippen molar-refractivity contribution in [3.05, 3.63) is 4.91 Å². The topological polar surface area (TPSA) is 87.0 Å². The smallest absolute Gasteiger partial charge is 0.290 e. The second-order valence-corrected chi connectivity index (χ2v) is 10.8. The molecule has 0 radical (unpaired) electrons. The van der Waals surface area contributed by atoms with Gasteiger partial charge in [-0.15, -0.1) is 0 Å². The Balaban J connectivity index is 0.00000109. The second kappa shape index (κ2) is 13.7. The normalized spacial score (nSPS) is 41.3. The molecule has 0 amide bonds. The molecule has 4 aliphatic carbocycles. The standard InChI is InChI=1S/C23H40O.CH3NO.CH2O2.2CH4/c1-4-5-8-16-10-11-18-17-15-21(24)20-9-6-7-13-23(20,3)19(17)12-14-22(16,18)2;1-2-3;2-1-3;;/h16-21,24H,4-15H2,1-3H3;1H3;1H,(H,2,3);2*1H4. The van der Waals surface area contributed by atoms with Crippen LogP contribution in [0.4, 0.5) is 0 Å². The first-order valence-corrected chi connectivity index (χ1v) is 12.3. The van der Waals surface area contributed by atoms with Crippen molar-refractivity contribution in [1.29, 1.82) is 0 Å². The van der Waals surface area contributed by atoms with Gasteiger partial charge in [0.05, 0.1) is 13.2 Å². The number of carbonyl (C=O) groups is 1. The summed E-state index contributed by atoms with van der Waals surface area (Å²) in [6.45, 7) is 7.30. The molecule has 4 saturated carbocycles. The Morgan fingerprint density at radius 2 is 1.56 bits per heavy atom. The van der Waals surface area contributed by atoms with Gasteiger partial charge in [0.2, 0.25) is 0 Å². The van der Waals surface area contributed by atoms with Crippen molar-refractivity contribution >= 4 is 6.47 Å². The van der Waals surface area contributed by atoms with Crippen molar-refractivity contribution in [2.75, 3.05) is 7.05 Å². The van der Waals surface area contributed by atoms with Gasteiger partial charge in [0, 0.05) is 0 Å². The summed E-state index contributed by atoms with van der Waals surface area (Å²) < 4.78 is 0. The van der Waals surface area contributed by atoms with Crippen molar-refractivity contribution < 1.29 is 15.0 Å². The zero-order chi connectivity index (χ0) is 22.4. The van der Waals surface area contributed by atoms with E-state index >= 15 is 0 Å². The maximum absolute atomic E-state index is 11.0. The Morgan fingerprint density at radius 3 is 2.16 bits per heavy atom. The third kappa shape index (κ3) is 5.93. The van der Waals surface area contributed by atoms with Gasteiger partial charge in [0.25, 0.3) is 6.47 Å². The van der Waals surface area contributed by atoms with E-state index in [1.54, 1.807) is 0 Å². The Hall–Kier alpha value is -0.970. The molecule has 190 valence electrons. The fraction of sp³-hybridized carbons (Fsp3) is 0.963. The zero-order valence-corrected chi connectivity index (χ0v) is 19.7. The van der Waals surface area contributed by atoms with Crippen LogP contribution in [-0.2, 0) is 4.79 Å². The number of fused-ring (bicyclic) bond motifs is 5. The van der Waals surface area contributed by atoms with Crippen LogP contribution in [0.3, 0.4) is 0 Å². The molecule has 8 unspecified atom stereocenters. The molecule has 2 N–H and O–H groups in total. The van der Waals surface area contributed by atoms with Gasteiger partial charge in [0.15, 0.2) is 0 Å². The van der Waals surface area contributed by atoms with Gasteiger partial charge >= 0.3 is 0 Å². The number of carboxylic acid groups (broad SMARTS) is 1. The Labute approximate surface area is 198 Å². The number of hydrogen-bond donors (Lipinski definition) is 2. The fourth-order valence-corrected chi connectivity index (χ4v) is 8.39. The molecule has 0 spiro atoms. The zero-order valence-electron chi connectivity index (χ0n) is 19.7. The lowest BCUT2D eigenvalue weighted by Gasteiger charge is -2.61. The number of nitrogens with zero attached hydrogens (tertiary/aromatic N) is 1. The van der Waals surface area contributed by atoms with E-state index in [-0.39, 0.29) is 27.4 Å². The number of hydrogen-bond acceptors (Lipinski definition) is 4. The van der Waals surface area contributed by atoms with Gasteiger partial charge in [-0.25, -0.2) is 0 Å². The fourth-order valence-electron chi connectivity index (χ4n) is 8.39. The predicted octanol–water partition coefficient (Wildman–Crippen LogP) is 7.55. The molecule has 0 aromatic rings. The Bertz CT molecular complexity index is 550. The number of unbranched alkanes of at least 4 members (excludes halogenated alkanes) is 1. The molecular weight excluding hydrogens is 402 g/mol. The van der Waals surface area contributed by atoms with E-state index in [0.717, 1.165) is 30.1 Å². The quantitative estimate of drug-likeness (QED) is 0.339. The summed E-state index contributed by atoms with van der Waals surface area (Å²) in [5.74, 6) is 4.22. The summed E-state index contributed by atoms with van der Waals surface area (Å²) in [7, 11) is 1.19. The molecule has 0 saturated heterocycles. The molecule has 0 aliphatic heterocycles. The van der Waals surface area contributed by atoms with E-state index in [9.17, 15) is 5.11 Å². The molecule has 4 fully saturated rings. The average Bonchev–Trinajstić information content (AvgIpc) is 3.04. The van der Waals surface area contributed by atoms with Crippen LogP contribution in [0.15, 0.2) is 5.18 Å². The molecule has 5 heteroatoms. The first-order valence-electron chi connectivity index (χ1n) is 12.3. The van der Waals surface area contributed by atoms with Crippen molar-refractivity contribution in [2.24, 2.45) is 45.6 Å². The van der Waals surface area contributed by atoms with Gasteiger partial charge in [-0.1, -0.05) is 66.5 Å². The van der Waals surface area contributed by atoms with Crippen LogP contribution in [0.2, 0.25) is 0 Å². The molecule has 4 rings (SSSR count). The number of aliphatic hydroxyl groups is 1. The van der Waals surface area contributed by atoms with E-state index in [1.807, 2.05) is 0 Å². The number of aliphatic hydroxyl groups excluding tert-OH is 1. The maximum Gasteiger partial charge on any atom is 0.290 e. The molecule has 5 nitrogen and oxygen atoms in total. The van der Waals surface area contributed by atoms with E-state index in [2.05, 4.69) is 25.9 Å². The van der Waals surface area contributed by atoms with E-state index < -0.39 is 0 Å². The highest BCUT2D eigenvalue weighted by atomic mass is 16.3. The lowest BCUT2D eigenvalue weighted by molar-refractivity contribution is -0.157. The molecule has 0 bridgehead atoms. The first-order chi connectivity index (χ1) is 14.3. The highest BCUT2D eigenvalue weighted by Gasteiger charge is 2.61. The van der Waals surface area contributed by atoms with Gasteiger partial charge in [-0.2, -0.15) is 4.91 Å². The van der Waals surface area contributed by atoms with Gasteiger partial charge in [-0.3, -0.25) is 4.79 Å². The first kappa shape index (κ1) is 31.0. The van der Waals surface area contributed by atoms with E-state index in [4.69, 9.17) is 14.8 Å². The van der Waals surface area contributed by atoms with Gasteiger partial charge in [-0.05, 0) is 91.8 Å². The van der Waals surface area contributed by atoms with Crippen molar-refractivity contribution in [2.45, 2.75) is 119 Å². The summed E-state index contributed by atoms with van der Waals surface area (Å²) in [5.41, 5.74) is 1.04. The largest absolute Gasteiger partial charge is 0.483 e. The highest BCUT2D eigenvalue weighted by molar-refractivity contribution is 5.32. The van der Waals surface area contributed by atoms with Crippen LogP contribution in [0.5, 0.6) is 0 Å². The van der Waals surface area contributed by atoms with E-state index in [0.29, 0.717) is 16.7 Å². The number of rotatable bonds is 3. The second-order valence-electron chi connectivity index (χ2n) is 10.8. The lowest BCUT2D eigenvalue weighted by atomic mass is 9.44. The summed E-state index contributed by atoms with van der Waals surface area (Å²) >= 11 is 0. The third-order valence-corrected chi connectivity index (χ3v) is 9.69. The summed E-state index contributed by atoms with van der Waals surface area (Å²) in [4.78, 5) is 16.9. The molecule has 4 aliphatic rings. The third-order valence-electron chi connectivity index (χ3n) is 9.69. The van der Waals surface area contributed by atoms with Crippen LogP contribution < -0.4 is 0 Å². The Kier molecular flexibility index (Phi) is 13.3. The lowest BCUT2D eigenvalue weighted by Crippen LogP contribution is -2.56. The minimum atomic E-state index is -0.250. The highest BCUT2D eigenvalue weighted by Crippen LogP contribution is 2.67. The van der Waals surface area contributed by atoms with Gasteiger partial charge < -0.3 is 10.2 Å². The summed E-state index contributed by atoms with van der Waals surface area (Å²) in [6.07, 6.45) is 16.7. The van der Waals surface area contributed by atoms with Crippen molar-refractivity contribution in [3.63, 3.8) is 0 Å². The maximum atomic E-state index is 11.0. The minimum Gasteiger partial charge on any atom is -0.483 e. The SMILES string of the molecule is C.C.CCCCC1CCC2C3CC(O)C4CCCCC4(C)C3CCC12C.CN=O.O=CO. The number of nitroso groups, excluding NO2 is 1. The minimum absolute atomic E-state index is 0. The van der Waals surface area contributed by atoms with E-state index in [1.165, 1.54) is 77.7 Å². The Morgan fingerprint density at radius 1 is 0.969 bits per heavy atom. The van der Waals surface area contributed by atoms with Crippen LogP contribution in [-0.4, -0.2) is 29.8 Å². The van der Waals surface area contributed by atoms with Gasteiger partial charge in [0.1, 0.15) is 0 Å². The van der Waals surface area contributed by atoms with Crippen LogP contribution in [0, 0.1) is 45.3 Å². The predicted molar refractivity (Wildman–Crippen MR) is 135 cm³/mol.